The van der Waals surface area contributed by atoms with E-state index in [-0.39, 0.29) is 51.8 Å². The molecule has 41 heavy (non-hydrogen) atoms. The summed E-state index contributed by atoms with van der Waals surface area (Å²) < 4.78 is 6.49. The summed E-state index contributed by atoms with van der Waals surface area (Å²) >= 11 is 3.09. The molecule has 0 atom stereocenters. The molecule has 6 nitrogen and oxygen atoms in total. The molecule has 8 heteroatoms. The Labute approximate surface area is 246 Å². The van der Waals surface area contributed by atoms with Gasteiger partial charge in [0.1, 0.15) is 9.40 Å². The zero-order valence-corrected chi connectivity index (χ0v) is 24.7. The monoisotopic (exact) mass is 582 g/mol. The van der Waals surface area contributed by atoms with Crippen molar-refractivity contribution in [3.8, 4) is 0 Å². The summed E-state index contributed by atoms with van der Waals surface area (Å²) in [5.41, 5.74) is 2.44. The number of thiazole rings is 2. The van der Waals surface area contributed by atoms with Crippen LogP contribution < -0.4 is 19.3 Å². The summed E-state index contributed by atoms with van der Waals surface area (Å²) in [6.07, 6.45) is 7.17. The molecule has 0 bridgehead atoms. The van der Waals surface area contributed by atoms with E-state index in [0.29, 0.717) is 0 Å². The highest BCUT2D eigenvalue weighted by Crippen LogP contribution is 2.39. The Kier molecular flexibility index (Phi) is 7.45. The third-order valence-corrected chi connectivity index (χ3v) is 9.93. The Bertz CT molecular complexity index is 1720. The summed E-state index contributed by atoms with van der Waals surface area (Å²) in [6, 6.07) is 16.1. The van der Waals surface area contributed by atoms with Crippen LogP contribution in [0.25, 0.3) is 32.6 Å². The molecular formula is C33H30N2O4S2. The minimum atomic E-state index is -0.373. The van der Waals surface area contributed by atoms with Gasteiger partial charge < -0.3 is 10.2 Å². The quantitative estimate of drug-likeness (QED) is 0.203. The molecule has 2 aromatic carbocycles. The molecule has 2 aromatic heterocycles. The Balaban J connectivity index is 1.28. The van der Waals surface area contributed by atoms with Crippen LogP contribution in [-0.4, -0.2) is 11.6 Å². The minimum absolute atomic E-state index is 0.0214. The molecule has 208 valence electrons. The van der Waals surface area contributed by atoms with Crippen molar-refractivity contribution in [2.75, 3.05) is 0 Å². The van der Waals surface area contributed by atoms with Gasteiger partial charge in [0, 0.05) is 54.7 Å². The van der Waals surface area contributed by atoms with Crippen LogP contribution in [0.4, 0.5) is 0 Å². The summed E-state index contributed by atoms with van der Waals surface area (Å²) in [5.74, 6) is -1.49. The first kappa shape index (κ1) is 27.3. The highest BCUT2D eigenvalue weighted by Gasteiger charge is 2.35. The fourth-order valence-electron chi connectivity index (χ4n) is 5.36. The van der Waals surface area contributed by atoms with Gasteiger partial charge in [0.05, 0.1) is 0 Å². The van der Waals surface area contributed by atoms with E-state index in [9.17, 15) is 19.8 Å². The number of hydrogen-bond acceptors (Lipinski definition) is 6. The average molecular weight is 583 g/mol. The van der Waals surface area contributed by atoms with Crippen LogP contribution in [0.15, 0.2) is 82.3 Å². The molecule has 0 aliphatic heterocycles. The maximum atomic E-state index is 13.0. The van der Waals surface area contributed by atoms with Gasteiger partial charge in [-0.15, -0.1) is 0 Å². The summed E-state index contributed by atoms with van der Waals surface area (Å²) in [6.45, 7) is 5.85. The largest absolute Gasteiger partial charge is 0.872 e. The predicted molar refractivity (Wildman–Crippen MR) is 158 cm³/mol. The number of carbonyl (C=O) groups is 2. The van der Waals surface area contributed by atoms with Crippen molar-refractivity contribution < 1.29 is 28.9 Å². The van der Waals surface area contributed by atoms with Gasteiger partial charge in [-0.2, -0.15) is 9.13 Å². The van der Waals surface area contributed by atoms with Gasteiger partial charge in [-0.05, 0) is 23.3 Å². The molecule has 2 heterocycles. The van der Waals surface area contributed by atoms with E-state index in [4.69, 9.17) is 0 Å². The van der Waals surface area contributed by atoms with Gasteiger partial charge in [0.25, 0.3) is 10.0 Å². The standard InChI is InChI=1S/C33H30N2O4S2/c1-3-5-15-34-24-11-7-9-13-26(24)40-28(34)18-22-30(36)20(31(22)37)17-21-32(38)23(33(21)39)19-29-35(16-6-4-2)25-12-8-10-14-27(25)41-29/h7-14,18-19H,3-6,15-17H2,1-2H3. The van der Waals surface area contributed by atoms with Crippen LogP contribution in [-0.2, 0) is 22.7 Å². The lowest BCUT2D eigenvalue weighted by Crippen LogP contribution is -2.38. The highest BCUT2D eigenvalue weighted by molar-refractivity contribution is 7.19. The van der Waals surface area contributed by atoms with Crippen molar-refractivity contribution in [2.24, 2.45) is 0 Å². The van der Waals surface area contributed by atoms with Crippen LogP contribution >= 0.6 is 22.7 Å². The van der Waals surface area contributed by atoms with Crippen LogP contribution in [0.3, 0.4) is 0 Å². The molecule has 0 unspecified atom stereocenters. The van der Waals surface area contributed by atoms with Gasteiger partial charge in [-0.3, -0.25) is 9.59 Å². The number of ketones is 2. The maximum Gasteiger partial charge on any atom is 0.263 e. The number of hydrogen-bond donors (Lipinski definition) is 0. The third-order valence-electron chi connectivity index (χ3n) is 7.71. The van der Waals surface area contributed by atoms with Crippen LogP contribution in [0.2, 0.25) is 0 Å². The number of nitrogens with zero attached hydrogens (tertiary/aromatic N) is 2. The lowest BCUT2D eigenvalue weighted by molar-refractivity contribution is -0.669. The van der Waals surface area contributed by atoms with Crippen molar-refractivity contribution >= 4 is 66.8 Å². The molecule has 6 rings (SSSR count). The van der Waals surface area contributed by atoms with Gasteiger partial charge in [0.15, 0.2) is 24.7 Å². The molecule has 0 radical (unpaired) electrons. The fourth-order valence-corrected chi connectivity index (χ4v) is 7.62. The molecule has 0 saturated carbocycles. The predicted octanol–water partition coefficient (Wildman–Crippen LogP) is 4.54. The molecule has 0 amide bonds. The Morgan fingerprint density at radius 2 is 1.10 bits per heavy atom. The number of fused-ring (bicyclic) bond motifs is 2. The van der Waals surface area contributed by atoms with Crippen molar-refractivity contribution in [1.29, 1.82) is 0 Å². The average Bonchev–Trinajstić information content (AvgIpc) is 3.53. The number of para-hydroxylation sites is 2. The van der Waals surface area contributed by atoms with Crippen LogP contribution in [0.1, 0.15) is 56.0 Å². The van der Waals surface area contributed by atoms with Gasteiger partial charge in [-0.1, -0.05) is 85.1 Å². The second-order valence-electron chi connectivity index (χ2n) is 10.4. The van der Waals surface area contributed by atoms with E-state index in [1.165, 1.54) is 0 Å². The number of rotatable bonds is 10. The number of unbranched alkanes of at least 4 members (excludes halogenated alkanes) is 2. The first-order valence-electron chi connectivity index (χ1n) is 14.1. The molecule has 0 fully saturated rings. The summed E-state index contributed by atoms with van der Waals surface area (Å²) in [4.78, 5) is 26.1. The van der Waals surface area contributed by atoms with Crippen LogP contribution in [0.5, 0.6) is 0 Å². The highest BCUT2D eigenvalue weighted by atomic mass is 32.1. The Morgan fingerprint density at radius 3 is 1.49 bits per heavy atom. The second kappa shape index (κ2) is 11.2. The first-order chi connectivity index (χ1) is 19.9. The minimum Gasteiger partial charge on any atom is -0.872 e. The van der Waals surface area contributed by atoms with E-state index >= 15 is 0 Å². The summed E-state index contributed by atoms with van der Waals surface area (Å²) in [7, 11) is 0. The van der Waals surface area contributed by atoms with E-state index in [0.717, 1.165) is 69.2 Å². The van der Waals surface area contributed by atoms with Crippen molar-refractivity contribution in [3.05, 3.63) is 92.4 Å². The Hall–Kier alpha value is -3.88. The lowest BCUT2D eigenvalue weighted by Gasteiger charge is -2.35. The van der Waals surface area contributed by atoms with Crippen molar-refractivity contribution in [2.45, 2.75) is 59.0 Å². The van der Waals surface area contributed by atoms with Gasteiger partial charge in [-0.25, -0.2) is 0 Å². The smallest absolute Gasteiger partial charge is 0.263 e. The van der Waals surface area contributed by atoms with Gasteiger partial charge in [0.2, 0.25) is 11.0 Å². The zero-order valence-electron chi connectivity index (χ0n) is 23.1. The van der Waals surface area contributed by atoms with E-state index in [1.54, 1.807) is 34.8 Å². The van der Waals surface area contributed by atoms with Crippen LogP contribution in [0, 0.1) is 0 Å². The number of benzene rings is 2. The number of carbonyl (C=O) groups excluding carboxylic acids is 2. The zero-order chi connectivity index (χ0) is 28.7. The van der Waals surface area contributed by atoms with Gasteiger partial charge >= 0.3 is 0 Å². The topological polar surface area (TPSA) is 88.0 Å². The van der Waals surface area contributed by atoms with E-state index in [1.807, 2.05) is 48.5 Å². The molecule has 0 N–H and O–H groups in total. The summed E-state index contributed by atoms with van der Waals surface area (Å²) in [5, 5.41) is 27.8. The number of aryl methyl sites for hydroxylation is 2. The SMILES string of the molecule is CCCC[n+]1c(C=C2C(=O)C(CC3=C([O-])C(=Cc4sc5ccccc5[n+]4CCCC)C3=O)=C2[O-])sc2ccccc21. The maximum absolute atomic E-state index is 13.0. The Morgan fingerprint density at radius 1 is 0.683 bits per heavy atom. The molecule has 0 saturated heterocycles. The normalized spacial score (nSPS) is 17.4. The lowest BCUT2D eigenvalue weighted by atomic mass is 9.77. The molecule has 4 aromatic rings. The number of Topliss-reactive ketones (excluding diaryl/α,β-unsaturated/α-hetero) is 2. The van der Waals surface area contributed by atoms with E-state index < -0.39 is 0 Å². The molecule has 0 spiro atoms. The van der Waals surface area contributed by atoms with Crippen molar-refractivity contribution in [1.82, 2.24) is 0 Å². The molecule has 2 aliphatic rings. The van der Waals surface area contributed by atoms with E-state index in [2.05, 4.69) is 23.0 Å². The third kappa shape index (κ3) is 4.75. The molecular weight excluding hydrogens is 553 g/mol. The number of aromatic nitrogens is 2. The number of allylic oxidation sites excluding steroid dienone is 4. The van der Waals surface area contributed by atoms with Crippen molar-refractivity contribution in [3.63, 3.8) is 0 Å². The second-order valence-corrected chi connectivity index (χ2v) is 12.5. The fraction of sp³-hybridized carbons (Fsp3) is 0.273. The first-order valence-corrected chi connectivity index (χ1v) is 15.7. The molecule has 2 aliphatic carbocycles.